The van der Waals surface area contributed by atoms with Crippen LogP contribution in [0.15, 0.2) is 59.4 Å². The zero-order chi connectivity index (χ0) is 21.8. The van der Waals surface area contributed by atoms with E-state index in [2.05, 4.69) is 41.5 Å². The number of hydrogen-bond acceptors (Lipinski definition) is 4. The molecule has 160 valence electrons. The van der Waals surface area contributed by atoms with Crippen LogP contribution in [0, 0.1) is 5.92 Å². The maximum absolute atomic E-state index is 13.0. The van der Waals surface area contributed by atoms with E-state index in [0.29, 0.717) is 48.8 Å². The summed E-state index contributed by atoms with van der Waals surface area (Å²) in [6.07, 6.45) is 1.56. The van der Waals surface area contributed by atoms with E-state index in [0.717, 1.165) is 11.9 Å². The summed E-state index contributed by atoms with van der Waals surface area (Å²) in [6, 6.07) is 17.6. The Balaban J connectivity index is 1.54. The highest BCUT2D eigenvalue weighted by molar-refractivity contribution is 5.80. The number of carbonyl (C=O) groups excluding carboxylic acids is 1. The first-order valence-corrected chi connectivity index (χ1v) is 10.7. The van der Waals surface area contributed by atoms with Gasteiger partial charge in [-0.2, -0.15) is 0 Å². The summed E-state index contributed by atoms with van der Waals surface area (Å²) in [6.45, 7) is 5.29. The summed E-state index contributed by atoms with van der Waals surface area (Å²) < 4.78 is 3.60. The number of para-hydroxylation sites is 1. The van der Waals surface area contributed by atoms with Gasteiger partial charge in [-0.15, -0.1) is 10.2 Å². The highest BCUT2D eigenvalue weighted by Crippen LogP contribution is 2.16. The number of fused-ring (bicyclic) bond motifs is 3. The van der Waals surface area contributed by atoms with Crippen molar-refractivity contribution in [3.8, 4) is 0 Å². The van der Waals surface area contributed by atoms with Crippen LogP contribution in [0.4, 0.5) is 0 Å². The fourth-order valence-electron chi connectivity index (χ4n) is 3.81. The Morgan fingerprint density at radius 1 is 1.00 bits per heavy atom. The molecule has 0 bridgehead atoms. The molecule has 0 aliphatic heterocycles. The van der Waals surface area contributed by atoms with Crippen molar-refractivity contribution in [3.05, 3.63) is 76.3 Å². The van der Waals surface area contributed by atoms with E-state index >= 15 is 0 Å². The van der Waals surface area contributed by atoms with Gasteiger partial charge < -0.3 is 5.32 Å². The van der Waals surface area contributed by atoms with E-state index in [1.165, 1.54) is 5.56 Å². The van der Waals surface area contributed by atoms with Gasteiger partial charge in [0.25, 0.3) is 5.56 Å². The van der Waals surface area contributed by atoms with E-state index in [1.54, 1.807) is 4.57 Å². The van der Waals surface area contributed by atoms with Crippen molar-refractivity contribution in [2.24, 2.45) is 5.92 Å². The summed E-state index contributed by atoms with van der Waals surface area (Å²) in [5.41, 5.74) is 1.90. The quantitative estimate of drug-likeness (QED) is 0.478. The second kappa shape index (κ2) is 9.12. The Kier molecular flexibility index (Phi) is 6.11. The Morgan fingerprint density at radius 3 is 2.52 bits per heavy atom. The lowest BCUT2D eigenvalue weighted by Gasteiger charge is -2.13. The summed E-state index contributed by atoms with van der Waals surface area (Å²) >= 11 is 0. The first kappa shape index (κ1) is 20.8. The molecule has 2 aromatic carbocycles. The number of nitrogens with one attached hydrogen (secondary N) is 1. The SMILES string of the molecule is CC(C)Cn1c(=O)c2ccccc2n2c(CCC(=O)NCCc3ccccc3)nnc12. The van der Waals surface area contributed by atoms with Crippen LogP contribution in [0.3, 0.4) is 0 Å². The van der Waals surface area contributed by atoms with Crippen molar-refractivity contribution in [3.63, 3.8) is 0 Å². The number of carbonyl (C=O) groups is 1. The van der Waals surface area contributed by atoms with Gasteiger partial charge in [-0.25, -0.2) is 0 Å². The molecule has 0 fully saturated rings. The highest BCUT2D eigenvalue weighted by Gasteiger charge is 2.17. The molecule has 0 spiro atoms. The molecule has 7 heteroatoms. The third kappa shape index (κ3) is 4.50. The van der Waals surface area contributed by atoms with Gasteiger partial charge >= 0.3 is 0 Å². The molecule has 0 aliphatic carbocycles. The minimum Gasteiger partial charge on any atom is -0.356 e. The molecular formula is C24H27N5O2. The lowest BCUT2D eigenvalue weighted by Crippen LogP contribution is -2.27. The molecule has 31 heavy (non-hydrogen) atoms. The zero-order valence-electron chi connectivity index (χ0n) is 17.9. The Hall–Kier alpha value is -3.48. The third-order valence-electron chi connectivity index (χ3n) is 5.28. The molecule has 0 saturated carbocycles. The van der Waals surface area contributed by atoms with Gasteiger partial charge in [-0.3, -0.25) is 18.6 Å². The van der Waals surface area contributed by atoms with Gasteiger partial charge in [0, 0.05) is 25.9 Å². The molecule has 1 N–H and O–H groups in total. The van der Waals surface area contributed by atoms with Crippen LogP contribution < -0.4 is 10.9 Å². The Bertz CT molecular complexity index is 1260. The molecule has 0 atom stereocenters. The normalized spacial score (nSPS) is 11.5. The Labute approximate surface area is 180 Å². The number of aromatic nitrogens is 4. The van der Waals surface area contributed by atoms with Crippen LogP contribution in [0.1, 0.15) is 31.7 Å². The zero-order valence-corrected chi connectivity index (χ0v) is 17.9. The lowest BCUT2D eigenvalue weighted by atomic mass is 10.1. The fourth-order valence-corrected chi connectivity index (χ4v) is 3.81. The van der Waals surface area contributed by atoms with Crippen LogP contribution >= 0.6 is 0 Å². The smallest absolute Gasteiger partial charge is 0.262 e. The van der Waals surface area contributed by atoms with Crippen LogP contribution in [0.2, 0.25) is 0 Å². The second-order valence-electron chi connectivity index (χ2n) is 8.16. The maximum Gasteiger partial charge on any atom is 0.262 e. The molecule has 1 amide bonds. The predicted octanol–water partition coefficient (Wildman–Crippen LogP) is 2.99. The van der Waals surface area contributed by atoms with Crippen molar-refractivity contribution in [2.45, 2.75) is 39.7 Å². The molecule has 0 aliphatic rings. The highest BCUT2D eigenvalue weighted by atomic mass is 16.1. The molecule has 0 radical (unpaired) electrons. The average Bonchev–Trinajstić information content (AvgIpc) is 3.20. The maximum atomic E-state index is 13.0. The summed E-state index contributed by atoms with van der Waals surface area (Å²) in [5, 5.41) is 12.2. The van der Waals surface area contributed by atoms with E-state index in [4.69, 9.17) is 0 Å². The summed E-state index contributed by atoms with van der Waals surface area (Å²) in [4.78, 5) is 25.4. The number of aryl methyl sites for hydroxylation is 1. The minimum absolute atomic E-state index is 0.0208. The van der Waals surface area contributed by atoms with Crippen molar-refractivity contribution >= 4 is 22.6 Å². The second-order valence-corrected chi connectivity index (χ2v) is 8.16. The summed E-state index contributed by atoms with van der Waals surface area (Å²) in [5.74, 6) is 1.48. The van der Waals surface area contributed by atoms with Crippen LogP contribution in [0.25, 0.3) is 16.7 Å². The van der Waals surface area contributed by atoms with Crippen molar-refractivity contribution in [2.75, 3.05) is 6.54 Å². The molecule has 7 nitrogen and oxygen atoms in total. The number of rotatable bonds is 8. The molecule has 2 aromatic heterocycles. The number of hydrogen-bond donors (Lipinski definition) is 1. The van der Waals surface area contributed by atoms with Gasteiger partial charge in [0.05, 0.1) is 10.9 Å². The molecular weight excluding hydrogens is 390 g/mol. The molecule has 0 saturated heterocycles. The summed E-state index contributed by atoms with van der Waals surface area (Å²) in [7, 11) is 0. The van der Waals surface area contributed by atoms with Crippen molar-refractivity contribution < 1.29 is 4.79 Å². The lowest BCUT2D eigenvalue weighted by molar-refractivity contribution is -0.121. The molecule has 4 aromatic rings. The first-order valence-electron chi connectivity index (χ1n) is 10.7. The first-order chi connectivity index (χ1) is 15.0. The monoisotopic (exact) mass is 417 g/mol. The van der Waals surface area contributed by atoms with Gasteiger partial charge in [0.2, 0.25) is 11.7 Å². The molecule has 4 rings (SSSR count). The van der Waals surface area contributed by atoms with Crippen LogP contribution in [-0.4, -0.2) is 31.6 Å². The van der Waals surface area contributed by atoms with Crippen molar-refractivity contribution in [1.29, 1.82) is 0 Å². The number of nitrogens with zero attached hydrogens (tertiary/aromatic N) is 4. The predicted molar refractivity (Wildman–Crippen MR) is 121 cm³/mol. The van der Waals surface area contributed by atoms with Crippen LogP contribution in [0.5, 0.6) is 0 Å². The number of amides is 1. The van der Waals surface area contributed by atoms with Gasteiger partial charge in [0.1, 0.15) is 5.82 Å². The van der Waals surface area contributed by atoms with Crippen LogP contribution in [-0.2, 0) is 24.2 Å². The topological polar surface area (TPSA) is 81.3 Å². The molecule has 0 unspecified atom stereocenters. The standard InChI is InChI=1S/C24H27N5O2/c1-17(2)16-28-23(31)19-10-6-7-11-20(19)29-21(26-27-24(28)29)12-13-22(30)25-15-14-18-8-4-3-5-9-18/h3-11,17H,12-16H2,1-2H3,(H,25,30). The minimum atomic E-state index is -0.0607. The largest absolute Gasteiger partial charge is 0.356 e. The Morgan fingerprint density at radius 2 is 1.74 bits per heavy atom. The van der Waals surface area contributed by atoms with E-state index < -0.39 is 0 Å². The van der Waals surface area contributed by atoms with E-state index in [1.807, 2.05) is 46.9 Å². The third-order valence-corrected chi connectivity index (χ3v) is 5.28. The van der Waals surface area contributed by atoms with Gasteiger partial charge in [0.15, 0.2) is 0 Å². The molecule has 2 heterocycles. The van der Waals surface area contributed by atoms with Crippen molar-refractivity contribution in [1.82, 2.24) is 24.5 Å². The fraction of sp³-hybridized carbons (Fsp3) is 0.333. The van der Waals surface area contributed by atoms with E-state index in [-0.39, 0.29) is 11.5 Å². The number of benzene rings is 2. The van der Waals surface area contributed by atoms with Gasteiger partial charge in [-0.1, -0.05) is 56.3 Å². The van der Waals surface area contributed by atoms with Gasteiger partial charge in [-0.05, 0) is 30.0 Å². The average molecular weight is 418 g/mol. The van der Waals surface area contributed by atoms with E-state index in [9.17, 15) is 9.59 Å².